The van der Waals surface area contributed by atoms with Crippen LogP contribution in [0.15, 0.2) is 17.7 Å². The molecule has 8 heteroatoms. The van der Waals surface area contributed by atoms with Gasteiger partial charge in [0.15, 0.2) is 21.8 Å². The summed E-state index contributed by atoms with van der Waals surface area (Å²) in [5.41, 5.74) is 0.552. The summed E-state index contributed by atoms with van der Waals surface area (Å²) in [7, 11) is 0. The lowest BCUT2D eigenvalue weighted by molar-refractivity contribution is -0.130. The Balaban J connectivity index is 1.69. The SMILES string of the molecule is N#CC(C(=O)/C=C/c1c(Cl)nc2sccn12)C(=O)NC1CCCCC1. The Kier molecular flexibility index (Phi) is 5.51. The van der Waals surface area contributed by atoms with Crippen molar-refractivity contribution >= 4 is 45.7 Å². The van der Waals surface area contributed by atoms with Gasteiger partial charge in [0.25, 0.3) is 0 Å². The monoisotopic (exact) mass is 376 g/mol. The molecule has 0 aliphatic heterocycles. The first kappa shape index (κ1) is 17.6. The second kappa shape index (κ2) is 7.81. The minimum Gasteiger partial charge on any atom is -0.352 e. The van der Waals surface area contributed by atoms with Crippen molar-refractivity contribution in [3.05, 3.63) is 28.5 Å². The molecule has 1 aliphatic carbocycles. The maximum Gasteiger partial charge on any atom is 0.245 e. The molecule has 1 amide bonds. The van der Waals surface area contributed by atoms with Crippen molar-refractivity contribution in [3.63, 3.8) is 0 Å². The molecule has 0 bridgehead atoms. The summed E-state index contributed by atoms with van der Waals surface area (Å²) in [5.74, 6) is -2.43. The van der Waals surface area contributed by atoms with E-state index >= 15 is 0 Å². The molecule has 2 heterocycles. The number of fused-ring (bicyclic) bond motifs is 1. The lowest BCUT2D eigenvalue weighted by Gasteiger charge is -2.23. The van der Waals surface area contributed by atoms with Crippen molar-refractivity contribution < 1.29 is 9.59 Å². The average Bonchev–Trinajstić information content (AvgIpc) is 3.15. The molecule has 1 aliphatic rings. The Morgan fingerprint density at radius 3 is 2.92 bits per heavy atom. The molecule has 25 heavy (non-hydrogen) atoms. The molecule has 0 spiro atoms. The van der Waals surface area contributed by atoms with Crippen LogP contribution in [0.4, 0.5) is 0 Å². The first-order chi connectivity index (χ1) is 12.1. The maximum absolute atomic E-state index is 12.3. The number of imidazole rings is 1. The molecule has 1 fully saturated rings. The number of thiazole rings is 1. The number of hydrogen-bond donors (Lipinski definition) is 1. The largest absolute Gasteiger partial charge is 0.352 e. The molecule has 6 nitrogen and oxygen atoms in total. The number of amides is 1. The molecule has 130 valence electrons. The third-order valence-corrected chi connectivity index (χ3v) is 5.32. The average molecular weight is 377 g/mol. The van der Waals surface area contributed by atoms with E-state index in [4.69, 9.17) is 11.6 Å². The first-order valence-corrected chi connectivity index (χ1v) is 9.39. The Morgan fingerprint density at radius 2 is 2.20 bits per heavy atom. The van der Waals surface area contributed by atoms with Crippen LogP contribution in [-0.4, -0.2) is 27.1 Å². The van der Waals surface area contributed by atoms with Gasteiger partial charge in [0.1, 0.15) is 0 Å². The number of nitrogens with zero attached hydrogens (tertiary/aromatic N) is 3. The normalized spacial score (nSPS) is 16.8. The molecule has 0 saturated heterocycles. The van der Waals surface area contributed by atoms with Gasteiger partial charge in [0.2, 0.25) is 5.91 Å². The fraction of sp³-hybridized carbons (Fsp3) is 0.412. The van der Waals surface area contributed by atoms with Gasteiger partial charge in [-0.25, -0.2) is 4.98 Å². The highest BCUT2D eigenvalue weighted by atomic mass is 35.5. The molecule has 2 aromatic heterocycles. The molecule has 0 radical (unpaired) electrons. The Morgan fingerprint density at radius 1 is 1.44 bits per heavy atom. The number of aromatic nitrogens is 2. The highest BCUT2D eigenvalue weighted by Gasteiger charge is 2.27. The molecule has 1 N–H and O–H groups in total. The van der Waals surface area contributed by atoms with Crippen LogP contribution in [0.5, 0.6) is 0 Å². The highest BCUT2D eigenvalue weighted by Crippen LogP contribution is 2.22. The molecule has 0 aromatic carbocycles. The number of allylic oxidation sites excluding steroid dienone is 1. The first-order valence-electron chi connectivity index (χ1n) is 8.13. The van der Waals surface area contributed by atoms with Crippen molar-refractivity contribution in [3.8, 4) is 6.07 Å². The summed E-state index contributed by atoms with van der Waals surface area (Å²) in [6.07, 6.45) is 9.60. The van der Waals surface area contributed by atoms with Gasteiger partial charge in [-0.1, -0.05) is 30.9 Å². The second-order valence-corrected chi connectivity index (χ2v) is 7.22. The Labute approximate surface area is 154 Å². The van der Waals surface area contributed by atoms with Gasteiger partial charge < -0.3 is 5.32 Å². The number of carbonyl (C=O) groups is 2. The van der Waals surface area contributed by atoms with E-state index in [1.165, 1.54) is 29.9 Å². The minimum absolute atomic E-state index is 0.0589. The van der Waals surface area contributed by atoms with Crippen LogP contribution in [0.2, 0.25) is 5.15 Å². The molecule has 2 aromatic rings. The molecule has 1 atom stereocenters. The van der Waals surface area contributed by atoms with Gasteiger partial charge >= 0.3 is 0 Å². The Bertz CT molecular complexity index is 858. The topological polar surface area (TPSA) is 87.3 Å². The van der Waals surface area contributed by atoms with Crippen molar-refractivity contribution in [1.29, 1.82) is 5.26 Å². The van der Waals surface area contributed by atoms with Crippen molar-refractivity contribution in [2.24, 2.45) is 5.92 Å². The summed E-state index contributed by atoms with van der Waals surface area (Å²) in [6.45, 7) is 0. The van der Waals surface area contributed by atoms with Gasteiger partial charge in [-0.15, -0.1) is 11.3 Å². The van der Waals surface area contributed by atoms with E-state index in [1.54, 1.807) is 16.7 Å². The third kappa shape index (κ3) is 3.91. The van der Waals surface area contributed by atoms with E-state index in [1.807, 2.05) is 5.38 Å². The van der Waals surface area contributed by atoms with Crippen LogP contribution in [-0.2, 0) is 9.59 Å². The zero-order chi connectivity index (χ0) is 17.8. The van der Waals surface area contributed by atoms with Crippen LogP contribution < -0.4 is 5.32 Å². The number of nitrogens with one attached hydrogen (secondary N) is 1. The van der Waals surface area contributed by atoms with Gasteiger partial charge in [-0.2, -0.15) is 5.26 Å². The zero-order valence-corrected chi connectivity index (χ0v) is 15.0. The van der Waals surface area contributed by atoms with Crippen LogP contribution in [0.3, 0.4) is 0 Å². The molecule has 1 saturated carbocycles. The highest BCUT2D eigenvalue weighted by molar-refractivity contribution is 7.15. The number of nitriles is 1. The number of halogens is 1. The lowest BCUT2D eigenvalue weighted by atomic mass is 9.94. The predicted molar refractivity (Wildman–Crippen MR) is 96.2 cm³/mol. The van der Waals surface area contributed by atoms with Crippen molar-refractivity contribution in [2.45, 2.75) is 38.1 Å². The fourth-order valence-corrected chi connectivity index (χ4v) is 3.97. The third-order valence-electron chi connectivity index (χ3n) is 4.29. The summed E-state index contributed by atoms with van der Waals surface area (Å²) < 4.78 is 1.75. The van der Waals surface area contributed by atoms with Gasteiger partial charge in [0, 0.05) is 17.6 Å². The van der Waals surface area contributed by atoms with Crippen LogP contribution >= 0.6 is 22.9 Å². The zero-order valence-electron chi connectivity index (χ0n) is 13.4. The number of rotatable bonds is 5. The summed E-state index contributed by atoms with van der Waals surface area (Å²) >= 11 is 7.49. The lowest BCUT2D eigenvalue weighted by Crippen LogP contribution is -2.41. The van der Waals surface area contributed by atoms with E-state index in [0.29, 0.717) is 10.7 Å². The van der Waals surface area contributed by atoms with Gasteiger partial charge in [0.05, 0.1) is 11.8 Å². The minimum atomic E-state index is -1.34. The summed E-state index contributed by atoms with van der Waals surface area (Å²) in [6, 6.07) is 1.86. The van der Waals surface area contributed by atoms with Gasteiger partial charge in [-0.3, -0.25) is 14.0 Å². The quantitative estimate of drug-likeness (QED) is 0.641. The van der Waals surface area contributed by atoms with Gasteiger partial charge in [-0.05, 0) is 25.0 Å². The summed E-state index contributed by atoms with van der Waals surface area (Å²) in [5, 5.41) is 14.2. The second-order valence-electron chi connectivity index (χ2n) is 5.98. The van der Waals surface area contributed by atoms with E-state index in [9.17, 15) is 14.9 Å². The maximum atomic E-state index is 12.3. The molecule has 1 unspecified atom stereocenters. The number of hydrogen-bond acceptors (Lipinski definition) is 5. The van der Waals surface area contributed by atoms with Crippen LogP contribution in [0.1, 0.15) is 37.8 Å². The van der Waals surface area contributed by atoms with Crippen molar-refractivity contribution in [2.75, 3.05) is 0 Å². The van der Waals surface area contributed by atoms with Crippen LogP contribution in [0.25, 0.3) is 11.0 Å². The fourth-order valence-electron chi connectivity index (χ4n) is 2.97. The number of carbonyl (C=O) groups excluding carboxylic acids is 2. The molecular weight excluding hydrogens is 360 g/mol. The van der Waals surface area contributed by atoms with E-state index < -0.39 is 17.6 Å². The smallest absolute Gasteiger partial charge is 0.245 e. The van der Waals surface area contributed by atoms with E-state index in [-0.39, 0.29) is 11.2 Å². The number of ketones is 1. The predicted octanol–water partition coefficient (Wildman–Crippen LogP) is 3.22. The molecule has 3 rings (SSSR count). The summed E-state index contributed by atoms with van der Waals surface area (Å²) in [4.78, 5) is 29.4. The van der Waals surface area contributed by atoms with Crippen LogP contribution in [0, 0.1) is 17.2 Å². The molecular formula is C17H17ClN4O2S. The standard InChI is InChI=1S/C17H17ClN4O2S/c18-15-13(22-8-9-25-17(22)21-15)6-7-14(23)12(10-19)16(24)20-11-4-2-1-3-5-11/h6-9,11-12H,1-5H2,(H,20,24)/b7-6+. The van der Waals surface area contributed by atoms with E-state index in [0.717, 1.165) is 25.7 Å². The van der Waals surface area contributed by atoms with Crippen molar-refractivity contribution in [1.82, 2.24) is 14.7 Å². The van der Waals surface area contributed by atoms with E-state index in [2.05, 4.69) is 10.3 Å². The Hall–Kier alpha value is -2.17.